The first-order valence-corrected chi connectivity index (χ1v) is 12.7. The average molecular weight is 564 g/mol. The average Bonchev–Trinajstić information content (AvgIpc) is 2.22. The van der Waals surface area contributed by atoms with Crippen molar-refractivity contribution in [2.45, 2.75) is 41.3 Å². The van der Waals surface area contributed by atoms with Gasteiger partial charge in [-0.25, -0.2) is 0 Å². The molecule has 0 spiro atoms. The Morgan fingerprint density at radius 1 is 1.14 bits per heavy atom. The van der Waals surface area contributed by atoms with Gasteiger partial charge < -0.3 is 0 Å². The second-order valence-corrected chi connectivity index (χ2v) is 12.8. The predicted octanol–water partition coefficient (Wildman–Crippen LogP) is 3.73. The van der Waals surface area contributed by atoms with Crippen LogP contribution in [0.2, 0.25) is 0 Å². The van der Waals surface area contributed by atoms with Gasteiger partial charge in [-0.15, -0.1) is 0 Å². The molecule has 0 aliphatic heterocycles. The molecule has 0 aliphatic carbocycles. The van der Waals surface area contributed by atoms with Gasteiger partial charge in [-0.2, -0.15) is 0 Å². The van der Waals surface area contributed by atoms with E-state index in [-0.39, 0.29) is 0 Å². The van der Waals surface area contributed by atoms with Gasteiger partial charge in [0.2, 0.25) is 0 Å². The number of hydrogen-bond donors (Lipinski definition) is 1. The van der Waals surface area contributed by atoms with Gasteiger partial charge in [-0.05, 0) is 0 Å². The van der Waals surface area contributed by atoms with Crippen LogP contribution in [0.3, 0.4) is 0 Å². The number of hydrogen-bond acceptors (Lipinski definition) is 3. The van der Waals surface area contributed by atoms with Crippen LogP contribution in [0.5, 0.6) is 0 Å². The summed E-state index contributed by atoms with van der Waals surface area (Å²) >= 11 is 0.175. The van der Waals surface area contributed by atoms with Crippen LogP contribution in [0.15, 0.2) is 0 Å². The Morgan fingerprint density at radius 3 is 1.77 bits per heavy atom. The summed E-state index contributed by atoms with van der Waals surface area (Å²) in [6, 6.07) is 0. The van der Waals surface area contributed by atoms with Gasteiger partial charge in [0.1, 0.15) is 0 Å². The first-order chi connectivity index (χ1) is 9.47. The Balaban J connectivity index is 5.54. The third-order valence-electron chi connectivity index (χ3n) is 2.75. The summed E-state index contributed by atoms with van der Waals surface area (Å²) in [5.41, 5.74) is -8.37. The molecule has 0 bridgehead atoms. The standard InChI is InChI=1S/C11H16F6I2O3/c1-8(2,22-7(20)6(18)5-19(3)4)9(21,10(12,13)14)11(15,16)17/h6,21H,5H2,1-4H3. The fourth-order valence-electron chi connectivity index (χ4n) is 1.57. The Kier molecular flexibility index (Phi) is 7.30. The van der Waals surface area contributed by atoms with E-state index in [0.717, 1.165) is 0 Å². The molecule has 0 aliphatic rings. The van der Waals surface area contributed by atoms with E-state index in [4.69, 9.17) is 0 Å². The molecular formula is C11H16F6I2O3. The molecule has 1 unspecified atom stereocenters. The van der Waals surface area contributed by atoms with Gasteiger partial charge in [0.15, 0.2) is 0 Å². The maximum absolute atomic E-state index is 12.8. The number of carbonyl (C=O) groups is 1. The Hall–Kier alpha value is 0.470. The summed E-state index contributed by atoms with van der Waals surface area (Å²) in [6.07, 6.45) is -12.1. The van der Waals surface area contributed by atoms with Gasteiger partial charge >= 0.3 is 145 Å². The van der Waals surface area contributed by atoms with E-state index in [0.29, 0.717) is 18.3 Å². The molecule has 0 amide bonds. The second-order valence-electron chi connectivity index (χ2n) is 5.17. The molecule has 1 N–H and O–H groups in total. The van der Waals surface area contributed by atoms with Gasteiger partial charge in [0, 0.05) is 0 Å². The summed E-state index contributed by atoms with van der Waals surface area (Å²) in [4.78, 5) is 15.5. The normalized spacial score (nSPS) is 16.3. The van der Waals surface area contributed by atoms with E-state index in [1.54, 1.807) is 22.6 Å². The Bertz CT molecular complexity index is 392. The van der Waals surface area contributed by atoms with Crippen LogP contribution in [-0.2, 0) is 9.53 Å². The van der Waals surface area contributed by atoms with Gasteiger partial charge in [-0.1, -0.05) is 0 Å². The fraction of sp³-hybridized carbons (Fsp3) is 0.909. The SMILES string of the molecule is CI(C)CC(I)C(=O)OC(C)(C)C(O)(C(F)(F)F)C(F)(F)F. The van der Waals surface area contributed by atoms with Gasteiger partial charge in [-0.3, -0.25) is 0 Å². The molecule has 134 valence electrons. The number of esters is 1. The molecule has 0 aromatic rings. The van der Waals surface area contributed by atoms with Crippen LogP contribution in [0.1, 0.15) is 13.8 Å². The van der Waals surface area contributed by atoms with E-state index in [9.17, 15) is 36.2 Å². The third-order valence-corrected chi connectivity index (χ3v) is 8.02. The minimum absolute atomic E-state index is 0.371. The van der Waals surface area contributed by atoms with Crippen molar-refractivity contribution in [2.75, 3.05) is 14.3 Å². The molecule has 1 atom stereocenters. The predicted molar refractivity (Wildman–Crippen MR) is 85.8 cm³/mol. The molecular weight excluding hydrogens is 548 g/mol. The number of aliphatic hydroxyl groups is 1. The van der Waals surface area contributed by atoms with Crippen LogP contribution in [0, 0.1) is 0 Å². The molecule has 0 fully saturated rings. The quantitative estimate of drug-likeness (QED) is 0.240. The zero-order chi connectivity index (χ0) is 18.1. The van der Waals surface area contributed by atoms with E-state index in [1.165, 1.54) is 0 Å². The summed E-state index contributed by atoms with van der Waals surface area (Å²) < 4.78 is 80.7. The van der Waals surface area contributed by atoms with Crippen LogP contribution < -0.4 is 0 Å². The van der Waals surface area contributed by atoms with Crippen molar-refractivity contribution in [3.05, 3.63) is 0 Å². The summed E-state index contributed by atoms with van der Waals surface area (Å²) in [7, 11) is 0. The molecule has 0 saturated carbocycles. The van der Waals surface area contributed by atoms with E-state index < -0.39 is 53.3 Å². The zero-order valence-corrected chi connectivity index (χ0v) is 16.4. The molecule has 0 aromatic carbocycles. The van der Waals surface area contributed by atoms with E-state index in [1.807, 2.05) is 9.86 Å². The van der Waals surface area contributed by atoms with Crippen molar-refractivity contribution in [3.8, 4) is 0 Å². The number of carbonyl (C=O) groups excluding carboxylic acids is 1. The van der Waals surface area contributed by atoms with Crippen molar-refractivity contribution in [3.63, 3.8) is 0 Å². The number of halogens is 8. The Morgan fingerprint density at radius 2 is 1.50 bits per heavy atom. The number of rotatable bonds is 5. The topological polar surface area (TPSA) is 46.5 Å². The molecule has 22 heavy (non-hydrogen) atoms. The van der Waals surface area contributed by atoms with Crippen molar-refractivity contribution in [2.24, 2.45) is 0 Å². The van der Waals surface area contributed by atoms with Crippen LogP contribution >= 0.6 is 42.4 Å². The van der Waals surface area contributed by atoms with E-state index in [2.05, 4.69) is 4.74 Å². The number of ether oxygens (including phenoxy) is 1. The maximum atomic E-state index is 12.8. The molecule has 11 heteroatoms. The fourth-order valence-corrected chi connectivity index (χ4v) is 8.07. The van der Waals surface area contributed by atoms with Gasteiger partial charge in [0.05, 0.1) is 0 Å². The van der Waals surface area contributed by atoms with Crippen LogP contribution in [0.4, 0.5) is 26.3 Å². The molecule has 0 aromatic heterocycles. The second kappa shape index (κ2) is 7.15. The molecule has 0 heterocycles. The molecule has 3 nitrogen and oxygen atoms in total. The van der Waals surface area contributed by atoms with Crippen molar-refractivity contribution < 1.29 is 41.0 Å². The van der Waals surface area contributed by atoms with Crippen LogP contribution in [0.25, 0.3) is 0 Å². The van der Waals surface area contributed by atoms with E-state index >= 15 is 0 Å². The molecule has 0 saturated heterocycles. The van der Waals surface area contributed by atoms with Crippen molar-refractivity contribution in [1.82, 2.24) is 0 Å². The van der Waals surface area contributed by atoms with Crippen molar-refractivity contribution >= 4 is 48.4 Å². The monoisotopic (exact) mass is 564 g/mol. The summed E-state index contributed by atoms with van der Waals surface area (Å²) in [5, 5.41) is 9.30. The summed E-state index contributed by atoms with van der Waals surface area (Å²) in [5.74, 6) is -1.21. The van der Waals surface area contributed by atoms with Crippen molar-refractivity contribution in [1.29, 1.82) is 0 Å². The van der Waals surface area contributed by atoms with Crippen LogP contribution in [-0.4, -0.2) is 52.8 Å². The third kappa shape index (κ3) is 4.74. The zero-order valence-electron chi connectivity index (χ0n) is 12.1. The summed E-state index contributed by atoms with van der Waals surface area (Å²) in [6.45, 7) is 0.785. The Labute approximate surface area is 144 Å². The first kappa shape index (κ1) is 22.5. The first-order valence-electron chi connectivity index (χ1n) is 5.66. The van der Waals surface area contributed by atoms with Gasteiger partial charge in [0.25, 0.3) is 0 Å². The molecule has 0 rings (SSSR count). The minimum atomic E-state index is -6.05. The molecule has 0 radical (unpaired) electrons. The number of alkyl halides is 10.